The number of rotatable bonds is 33. The standard InChI is InChI=1S/C46H78N4O14/c1-37(2)13-11-9-10-12-14-42(51)47-34-38-15-16-40(41(33-38)56-8)63-45(54)50-19-18-49(36-39(50)35-48(6)44(53)64-46(3,4)5)43(52)17-20-57-23-24-59-27-28-61-31-32-62-30-29-60-26-25-58-22-21-55-7/h11,13,15-16,33,37,39H,9-10,12,14,17-32,34-36H2,1-8H3,(H,47,51)/b13-11+. The van der Waals surface area contributed by atoms with Gasteiger partial charge in [0.05, 0.1) is 105 Å². The number of piperazine rings is 1. The van der Waals surface area contributed by atoms with Crippen LogP contribution in [0, 0.1) is 5.92 Å². The van der Waals surface area contributed by atoms with Crippen LogP contribution in [0.3, 0.4) is 0 Å². The molecule has 0 bridgehead atoms. The van der Waals surface area contributed by atoms with Crippen LogP contribution >= 0.6 is 0 Å². The van der Waals surface area contributed by atoms with Gasteiger partial charge in [-0.3, -0.25) is 14.5 Å². The summed E-state index contributed by atoms with van der Waals surface area (Å²) in [5.41, 5.74) is 0.0590. The van der Waals surface area contributed by atoms with E-state index in [1.807, 2.05) is 0 Å². The van der Waals surface area contributed by atoms with Gasteiger partial charge in [-0.2, -0.15) is 0 Å². The molecule has 1 aliphatic rings. The number of unbranched alkanes of at least 4 members (excludes halogenated alkanes) is 2. The van der Waals surface area contributed by atoms with Crippen molar-refractivity contribution in [3.05, 3.63) is 35.9 Å². The van der Waals surface area contributed by atoms with Crippen LogP contribution in [0.1, 0.15) is 72.3 Å². The second-order valence-corrected chi connectivity index (χ2v) is 16.5. The number of benzene rings is 1. The molecule has 1 N–H and O–H groups in total. The van der Waals surface area contributed by atoms with E-state index in [4.69, 9.17) is 47.4 Å². The molecule has 1 heterocycles. The molecule has 2 rings (SSSR count). The summed E-state index contributed by atoms with van der Waals surface area (Å²) in [6, 6.07) is 4.50. The van der Waals surface area contributed by atoms with E-state index in [1.54, 1.807) is 58.0 Å². The van der Waals surface area contributed by atoms with Crippen LogP contribution in [0.25, 0.3) is 0 Å². The van der Waals surface area contributed by atoms with Gasteiger partial charge in [-0.15, -0.1) is 0 Å². The lowest BCUT2D eigenvalue weighted by Gasteiger charge is -2.42. The normalized spacial score (nSPS) is 14.3. The van der Waals surface area contributed by atoms with Crippen LogP contribution in [-0.4, -0.2) is 184 Å². The van der Waals surface area contributed by atoms with E-state index in [0.717, 1.165) is 24.8 Å². The average Bonchev–Trinajstić information content (AvgIpc) is 3.25. The van der Waals surface area contributed by atoms with Gasteiger partial charge in [0.1, 0.15) is 5.60 Å². The predicted molar refractivity (Wildman–Crippen MR) is 241 cm³/mol. The second-order valence-electron chi connectivity index (χ2n) is 16.5. The molecule has 4 amide bonds. The Kier molecular flexibility index (Phi) is 29.3. The van der Waals surface area contributed by atoms with Gasteiger partial charge in [0.2, 0.25) is 11.8 Å². The highest BCUT2D eigenvalue weighted by Crippen LogP contribution is 2.29. The van der Waals surface area contributed by atoms with E-state index in [0.29, 0.717) is 104 Å². The number of nitrogens with zero attached hydrogens (tertiary/aromatic N) is 3. The number of likely N-dealkylation sites (N-methyl/N-ethyl adjacent to an activating group) is 1. The lowest BCUT2D eigenvalue weighted by Crippen LogP contribution is -2.60. The highest BCUT2D eigenvalue weighted by molar-refractivity contribution is 5.78. The van der Waals surface area contributed by atoms with E-state index >= 15 is 0 Å². The number of allylic oxidation sites excluding steroid dienone is 2. The Morgan fingerprint density at radius 3 is 1.91 bits per heavy atom. The monoisotopic (exact) mass is 911 g/mol. The van der Waals surface area contributed by atoms with Gasteiger partial charge in [-0.1, -0.05) is 32.1 Å². The summed E-state index contributed by atoms with van der Waals surface area (Å²) in [6.07, 6.45) is 6.39. The van der Waals surface area contributed by atoms with Gasteiger partial charge in [-0.25, -0.2) is 9.59 Å². The molecule has 64 heavy (non-hydrogen) atoms. The highest BCUT2D eigenvalue weighted by atomic mass is 16.6. The predicted octanol–water partition coefficient (Wildman–Crippen LogP) is 5.10. The summed E-state index contributed by atoms with van der Waals surface area (Å²) in [7, 11) is 4.69. The number of ether oxygens (including phenoxy) is 10. The van der Waals surface area contributed by atoms with Crippen molar-refractivity contribution in [3.63, 3.8) is 0 Å². The molecule has 0 aliphatic carbocycles. The summed E-state index contributed by atoms with van der Waals surface area (Å²) in [5.74, 6) is 0.859. The van der Waals surface area contributed by atoms with Crippen LogP contribution in [0.2, 0.25) is 0 Å². The Hall–Kier alpha value is -4.04. The Labute approximate surface area is 381 Å². The SMILES string of the molecule is COCCOCCOCCOCCOCCOCCOCCC(=O)N1CCN(C(=O)Oc2ccc(CNC(=O)CCCC/C=C/C(C)C)cc2OC)C(CN(C)C(=O)OC(C)(C)C)C1. The number of amides is 4. The number of methoxy groups -OCH3 is 2. The van der Waals surface area contributed by atoms with E-state index < -0.39 is 23.8 Å². The smallest absolute Gasteiger partial charge is 0.415 e. The fourth-order valence-corrected chi connectivity index (χ4v) is 6.13. The molecular weight excluding hydrogens is 833 g/mol. The zero-order valence-corrected chi connectivity index (χ0v) is 39.9. The highest BCUT2D eigenvalue weighted by Gasteiger charge is 2.36. The third-order valence-corrected chi connectivity index (χ3v) is 9.47. The maximum atomic E-state index is 13.8. The van der Waals surface area contributed by atoms with Crippen LogP contribution < -0.4 is 14.8 Å². The molecule has 0 radical (unpaired) electrons. The Balaban J connectivity index is 1.79. The maximum Gasteiger partial charge on any atom is 0.415 e. The Morgan fingerprint density at radius 2 is 1.36 bits per heavy atom. The molecule has 1 aromatic rings. The Bertz CT molecular complexity index is 1490. The minimum Gasteiger partial charge on any atom is -0.493 e. The third kappa shape index (κ3) is 26.1. The van der Waals surface area contributed by atoms with Crippen molar-refractivity contribution in [3.8, 4) is 11.5 Å². The quantitative estimate of drug-likeness (QED) is 0.0727. The summed E-state index contributed by atoms with van der Waals surface area (Å²) < 4.78 is 54.8. The summed E-state index contributed by atoms with van der Waals surface area (Å²) in [4.78, 5) is 57.0. The summed E-state index contributed by atoms with van der Waals surface area (Å²) >= 11 is 0. The molecule has 1 aromatic carbocycles. The molecule has 0 aromatic heterocycles. The van der Waals surface area contributed by atoms with Gasteiger partial charge >= 0.3 is 12.2 Å². The molecule has 1 saturated heterocycles. The zero-order valence-electron chi connectivity index (χ0n) is 39.9. The first-order valence-electron chi connectivity index (χ1n) is 22.5. The molecule has 18 heteroatoms. The molecule has 18 nitrogen and oxygen atoms in total. The minimum absolute atomic E-state index is 0.0357. The Morgan fingerprint density at radius 1 is 0.781 bits per heavy atom. The van der Waals surface area contributed by atoms with Gasteiger partial charge in [0.25, 0.3) is 0 Å². The van der Waals surface area contributed by atoms with E-state index in [-0.39, 0.29) is 56.8 Å². The van der Waals surface area contributed by atoms with E-state index in [1.165, 1.54) is 16.9 Å². The van der Waals surface area contributed by atoms with Crippen LogP contribution in [0.4, 0.5) is 9.59 Å². The molecule has 366 valence electrons. The lowest BCUT2D eigenvalue weighted by atomic mass is 10.1. The lowest BCUT2D eigenvalue weighted by molar-refractivity contribution is -0.135. The molecule has 1 atom stereocenters. The molecular formula is C46H78N4O14. The largest absolute Gasteiger partial charge is 0.493 e. The van der Waals surface area contributed by atoms with Crippen molar-refractivity contribution in [1.82, 2.24) is 20.0 Å². The summed E-state index contributed by atoms with van der Waals surface area (Å²) in [6.45, 7) is 16.2. The topological polar surface area (TPSA) is 182 Å². The van der Waals surface area contributed by atoms with Crippen molar-refractivity contribution >= 4 is 24.0 Å². The maximum absolute atomic E-state index is 13.8. The van der Waals surface area contributed by atoms with E-state index in [2.05, 4.69) is 31.3 Å². The zero-order chi connectivity index (χ0) is 47.0. The van der Waals surface area contributed by atoms with Crippen LogP contribution in [0.15, 0.2) is 30.4 Å². The van der Waals surface area contributed by atoms with Crippen molar-refractivity contribution in [2.45, 2.75) is 84.9 Å². The van der Waals surface area contributed by atoms with Gasteiger partial charge in [-0.05, 0) is 63.6 Å². The average molecular weight is 911 g/mol. The minimum atomic E-state index is -0.722. The van der Waals surface area contributed by atoms with Crippen molar-refractivity contribution < 1.29 is 66.5 Å². The van der Waals surface area contributed by atoms with Crippen molar-refractivity contribution in [1.29, 1.82) is 0 Å². The number of hydrogen-bond donors (Lipinski definition) is 1. The number of carbonyl (C=O) groups is 4. The van der Waals surface area contributed by atoms with E-state index in [9.17, 15) is 19.2 Å². The molecule has 1 aliphatic heterocycles. The molecule has 1 fully saturated rings. The van der Waals surface area contributed by atoms with Gasteiger partial charge in [0, 0.05) is 53.3 Å². The fraction of sp³-hybridized carbons (Fsp3) is 0.739. The number of nitrogens with one attached hydrogen (secondary N) is 1. The third-order valence-electron chi connectivity index (χ3n) is 9.47. The first kappa shape index (κ1) is 56.1. The number of hydrogen-bond acceptors (Lipinski definition) is 14. The van der Waals surface area contributed by atoms with Crippen molar-refractivity contribution in [2.24, 2.45) is 5.92 Å². The first-order chi connectivity index (χ1) is 30.7. The number of carbonyl (C=O) groups excluding carboxylic acids is 4. The summed E-state index contributed by atoms with van der Waals surface area (Å²) in [5, 5.41) is 2.94. The van der Waals surface area contributed by atoms with Crippen LogP contribution in [0.5, 0.6) is 11.5 Å². The molecule has 1 unspecified atom stereocenters. The second kappa shape index (κ2) is 33.4. The van der Waals surface area contributed by atoms with Crippen LogP contribution in [-0.2, 0) is 54.0 Å². The fourth-order valence-electron chi connectivity index (χ4n) is 6.13. The van der Waals surface area contributed by atoms with Gasteiger partial charge in [0.15, 0.2) is 11.5 Å². The first-order valence-corrected chi connectivity index (χ1v) is 22.5. The van der Waals surface area contributed by atoms with Gasteiger partial charge < -0.3 is 62.5 Å². The molecule has 0 spiro atoms. The molecule has 0 saturated carbocycles. The van der Waals surface area contributed by atoms with Crippen molar-refractivity contribution in [2.75, 3.05) is 133 Å².